The molecule has 3 rings (SSSR count). The van der Waals surface area contributed by atoms with Crippen LogP contribution in [0.4, 0.5) is 8.78 Å². The smallest absolute Gasteiger partial charge is 0.220 e. The molecule has 0 aromatic heterocycles. The summed E-state index contributed by atoms with van der Waals surface area (Å²) < 4.78 is 27.2. The zero-order valence-electron chi connectivity index (χ0n) is 14.3. The molecule has 2 bridgehead atoms. The molecule has 132 valence electrons. The average molecular weight is 336 g/mol. The standard InChI is InChI=1S/C19H26F2N2O/c1-11(2)19(16-6-3-13(20)10-17(16)21)23-18(24)9-12-7-14-4-5-15(8-12)22-14/h3,6,10-12,14-15,19,22H,4-5,7-9H2,1-2H3,(H,23,24). The van der Waals surface area contributed by atoms with E-state index in [2.05, 4.69) is 10.6 Å². The summed E-state index contributed by atoms with van der Waals surface area (Å²) in [5.74, 6) is -0.819. The first kappa shape index (κ1) is 17.3. The molecule has 2 aliphatic heterocycles. The maximum Gasteiger partial charge on any atom is 0.220 e. The van der Waals surface area contributed by atoms with Crippen molar-refractivity contribution in [3.63, 3.8) is 0 Å². The number of hydrogen-bond donors (Lipinski definition) is 2. The highest BCUT2D eigenvalue weighted by atomic mass is 19.1. The van der Waals surface area contributed by atoms with Gasteiger partial charge in [-0.25, -0.2) is 8.78 Å². The third-order valence-corrected chi connectivity index (χ3v) is 5.33. The monoisotopic (exact) mass is 336 g/mol. The zero-order chi connectivity index (χ0) is 17.3. The maximum atomic E-state index is 14.1. The third-order valence-electron chi connectivity index (χ3n) is 5.33. The van der Waals surface area contributed by atoms with Crippen LogP contribution in [0.25, 0.3) is 0 Å². The highest BCUT2D eigenvalue weighted by Crippen LogP contribution is 2.33. The second kappa shape index (κ2) is 7.18. The Morgan fingerprint density at radius 1 is 1.25 bits per heavy atom. The van der Waals surface area contributed by atoms with Crippen LogP contribution in [0.15, 0.2) is 18.2 Å². The average Bonchev–Trinajstić information content (AvgIpc) is 2.84. The van der Waals surface area contributed by atoms with Gasteiger partial charge in [-0.15, -0.1) is 0 Å². The van der Waals surface area contributed by atoms with E-state index in [1.165, 1.54) is 25.0 Å². The highest BCUT2D eigenvalue weighted by Gasteiger charge is 2.34. The van der Waals surface area contributed by atoms with Gasteiger partial charge in [-0.1, -0.05) is 19.9 Å². The van der Waals surface area contributed by atoms with Crippen LogP contribution in [0.5, 0.6) is 0 Å². The van der Waals surface area contributed by atoms with Crippen LogP contribution in [-0.2, 0) is 4.79 Å². The number of piperidine rings is 1. The van der Waals surface area contributed by atoms with Crippen molar-refractivity contribution >= 4 is 5.91 Å². The number of nitrogens with one attached hydrogen (secondary N) is 2. The molecular formula is C19H26F2N2O. The fourth-order valence-electron chi connectivity index (χ4n) is 4.19. The summed E-state index contributed by atoms with van der Waals surface area (Å²) in [7, 11) is 0. The largest absolute Gasteiger partial charge is 0.349 e. The third kappa shape index (κ3) is 3.94. The van der Waals surface area contributed by atoms with Crippen molar-refractivity contribution in [2.45, 2.75) is 64.1 Å². The second-order valence-corrected chi connectivity index (χ2v) is 7.63. The Morgan fingerprint density at radius 2 is 1.92 bits per heavy atom. The molecule has 2 aliphatic rings. The fourth-order valence-corrected chi connectivity index (χ4v) is 4.19. The van der Waals surface area contributed by atoms with Gasteiger partial charge in [0, 0.05) is 30.1 Å². The number of carbonyl (C=O) groups is 1. The van der Waals surface area contributed by atoms with Crippen molar-refractivity contribution in [3.8, 4) is 0 Å². The van der Waals surface area contributed by atoms with E-state index >= 15 is 0 Å². The number of rotatable bonds is 5. The molecule has 2 heterocycles. The number of fused-ring (bicyclic) bond motifs is 2. The van der Waals surface area contributed by atoms with Gasteiger partial charge in [-0.05, 0) is 43.6 Å². The van der Waals surface area contributed by atoms with Crippen LogP contribution in [0.3, 0.4) is 0 Å². The second-order valence-electron chi connectivity index (χ2n) is 7.63. The van der Waals surface area contributed by atoms with Gasteiger partial charge in [0.05, 0.1) is 6.04 Å². The number of carbonyl (C=O) groups excluding carboxylic acids is 1. The fraction of sp³-hybridized carbons (Fsp3) is 0.632. The first-order chi connectivity index (χ1) is 11.4. The van der Waals surface area contributed by atoms with E-state index in [1.54, 1.807) is 0 Å². The lowest BCUT2D eigenvalue weighted by atomic mass is 9.89. The van der Waals surface area contributed by atoms with Gasteiger partial charge in [-0.2, -0.15) is 0 Å². The Morgan fingerprint density at radius 3 is 2.50 bits per heavy atom. The molecule has 0 radical (unpaired) electrons. The molecule has 1 aromatic rings. The normalized spacial score (nSPS) is 27.3. The van der Waals surface area contributed by atoms with Crippen LogP contribution >= 0.6 is 0 Å². The molecule has 0 aliphatic carbocycles. The molecule has 0 spiro atoms. The van der Waals surface area contributed by atoms with Crippen molar-refractivity contribution in [2.75, 3.05) is 0 Å². The minimum absolute atomic E-state index is 0.0260. The number of amides is 1. The predicted molar refractivity (Wildman–Crippen MR) is 89.4 cm³/mol. The van der Waals surface area contributed by atoms with E-state index in [0.717, 1.165) is 18.9 Å². The van der Waals surface area contributed by atoms with Gasteiger partial charge in [-0.3, -0.25) is 4.79 Å². The molecule has 2 fully saturated rings. The van der Waals surface area contributed by atoms with E-state index in [9.17, 15) is 13.6 Å². The molecule has 0 saturated carbocycles. The Bertz CT molecular complexity index is 593. The van der Waals surface area contributed by atoms with Crippen LogP contribution in [0.1, 0.15) is 57.6 Å². The topological polar surface area (TPSA) is 41.1 Å². The molecular weight excluding hydrogens is 310 g/mol. The highest BCUT2D eigenvalue weighted by molar-refractivity contribution is 5.76. The summed E-state index contributed by atoms with van der Waals surface area (Å²) in [5, 5.41) is 6.54. The summed E-state index contributed by atoms with van der Waals surface area (Å²) >= 11 is 0. The van der Waals surface area contributed by atoms with Gasteiger partial charge in [0.25, 0.3) is 0 Å². The lowest BCUT2D eigenvalue weighted by Gasteiger charge is -2.30. The van der Waals surface area contributed by atoms with Gasteiger partial charge in [0.2, 0.25) is 5.91 Å². The van der Waals surface area contributed by atoms with Gasteiger partial charge >= 0.3 is 0 Å². The van der Waals surface area contributed by atoms with E-state index in [0.29, 0.717) is 30.0 Å². The van der Waals surface area contributed by atoms with E-state index in [1.807, 2.05) is 13.8 Å². The number of hydrogen-bond acceptors (Lipinski definition) is 2. The molecule has 5 heteroatoms. The first-order valence-corrected chi connectivity index (χ1v) is 8.92. The van der Waals surface area contributed by atoms with Crippen LogP contribution < -0.4 is 10.6 Å². The van der Waals surface area contributed by atoms with Gasteiger partial charge < -0.3 is 10.6 Å². The van der Waals surface area contributed by atoms with Gasteiger partial charge in [0.1, 0.15) is 11.6 Å². The van der Waals surface area contributed by atoms with Gasteiger partial charge in [0.15, 0.2) is 0 Å². The number of halogens is 2. The Hall–Kier alpha value is -1.49. The molecule has 1 amide bonds. The van der Waals surface area contributed by atoms with E-state index in [-0.39, 0.29) is 11.8 Å². The van der Waals surface area contributed by atoms with Crippen LogP contribution in [-0.4, -0.2) is 18.0 Å². The zero-order valence-corrected chi connectivity index (χ0v) is 14.3. The minimum atomic E-state index is -0.603. The molecule has 3 atom stereocenters. The molecule has 24 heavy (non-hydrogen) atoms. The van der Waals surface area contributed by atoms with Crippen molar-refractivity contribution in [3.05, 3.63) is 35.4 Å². The van der Waals surface area contributed by atoms with Crippen molar-refractivity contribution in [2.24, 2.45) is 11.8 Å². The van der Waals surface area contributed by atoms with E-state index in [4.69, 9.17) is 0 Å². The summed E-state index contributed by atoms with van der Waals surface area (Å²) in [6, 6.07) is 4.22. The number of benzene rings is 1. The Balaban J connectivity index is 1.64. The summed E-state index contributed by atoms with van der Waals surface area (Å²) in [4.78, 5) is 12.5. The van der Waals surface area contributed by atoms with Crippen molar-refractivity contribution in [1.82, 2.24) is 10.6 Å². The molecule has 2 saturated heterocycles. The molecule has 1 aromatic carbocycles. The van der Waals surface area contributed by atoms with Crippen LogP contribution in [0.2, 0.25) is 0 Å². The predicted octanol–water partition coefficient (Wildman–Crippen LogP) is 3.70. The molecule has 3 unspecified atom stereocenters. The first-order valence-electron chi connectivity index (χ1n) is 8.92. The minimum Gasteiger partial charge on any atom is -0.349 e. The van der Waals surface area contributed by atoms with E-state index < -0.39 is 17.7 Å². The lowest BCUT2D eigenvalue weighted by Crippen LogP contribution is -2.40. The Labute approximate surface area is 142 Å². The van der Waals surface area contributed by atoms with Crippen molar-refractivity contribution < 1.29 is 13.6 Å². The molecule has 3 nitrogen and oxygen atoms in total. The summed E-state index contributed by atoms with van der Waals surface area (Å²) in [5.41, 5.74) is 0.352. The summed E-state index contributed by atoms with van der Waals surface area (Å²) in [6.07, 6.45) is 4.99. The van der Waals surface area contributed by atoms with Crippen LogP contribution in [0, 0.1) is 23.5 Å². The molecule has 2 N–H and O–H groups in total. The quantitative estimate of drug-likeness (QED) is 0.861. The van der Waals surface area contributed by atoms with Crippen molar-refractivity contribution in [1.29, 1.82) is 0 Å². The Kier molecular flexibility index (Phi) is 5.18. The maximum absolute atomic E-state index is 14.1. The lowest BCUT2D eigenvalue weighted by molar-refractivity contribution is -0.123. The summed E-state index contributed by atoms with van der Waals surface area (Å²) in [6.45, 7) is 3.86. The SMILES string of the molecule is CC(C)C(NC(=O)CC1CC2CCC(C1)N2)c1ccc(F)cc1F.